The fourth-order valence-electron chi connectivity index (χ4n) is 3.82. The summed E-state index contributed by atoms with van der Waals surface area (Å²) in [5.74, 6) is -0.846. The fraction of sp³-hybridized carbons (Fsp3) is 0.250. The van der Waals surface area contributed by atoms with Gasteiger partial charge in [-0.15, -0.1) is 0 Å². The Bertz CT molecular complexity index is 1270. The molecule has 2 atom stereocenters. The van der Waals surface area contributed by atoms with Crippen LogP contribution in [0.25, 0.3) is 17.1 Å². The second kappa shape index (κ2) is 8.27. The SMILES string of the molecule is C[C@@H](NC(=O)/C(C#N)=C/c1c[nH]c2ncc(C3(C)C=NN(C)C3)cc12)c1ccc(F)cc1. The number of nitrogens with zero attached hydrogens (tertiary/aromatic N) is 4. The molecule has 162 valence electrons. The number of aromatic nitrogens is 2. The normalized spacial score (nSPS) is 19.2. The molecule has 0 aliphatic carbocycles. The molecule has 2 aromatic heterocycles. The van der Waals surface area contributed by atoms with Crippen LogP contribution in [-0.2, 0) is 10.2 Å². The number of nitriles is 1. The number of carbonyl (C=O) groups is 1. The Morgan fingerprint density at radius 1 is 1.41 bits per heavy atom. The highest BCUT2D eigenvalue weighted by atomic mass is 19.1. The van der Waals surface area contributed by atoms with Crippen LogP contribution in [0.15, 0.2) is 53.4 Å². The maximum absolute atomic E-state index is 13.1. The fourth-order valence-corrected chi connectivity index (χ4v) is 3.82. The summed E-state index contributed by atoms with van der Waals surface area (Å²) in [5.41, 5.74) is 2.81. The molecule has 1 aliphatic heterocycles. The van der Waals surface area contributed by atoms with E-state index in [1.165, 1.54) is 12.1 Å². The van der Waals surface area contributed by atoms with Crippen LogP contribution in [0.1, 0.15) is 36.6 Å². The summed E-state index contributed by atoms with van der Waals surface area (Å²) in [5, 5.41) is 19.4. The number of hydrazone groups is 1. The number of carbonyl (C=O) groups excluding carboxylic acids is 1. The molecule has 7 nitrogen and oxygen atoms in total. The van der Waals surface area contributed by atoms with E-state index >= 15 is 0 Å². The van der Waals surface area contributed by atoms with Gasteiger partial charge in [-0.2, -0.15) is 10.4 Å². The van der Waals surface area contributed by atoms with Crippen LogP contribution in [0, 0.1) is 17.1 Å². The smallest absolute Gasteiger partial charge is 0.262 e. The number of aromatic amines is 1. The average molecular weight is 430 g/mol. The summed E-state index contributed by atoms with van der Waals surface area (Å²) in [6, 6.07) is 9.50. The Morgan fingerprint density at radius 2 is 2.16 bits per heavy atom. The summed E-state index contributed by atoms with van der Waals surface area (Å²) < 4.78 is 13.1. The number of benzene rings is 1. The molecule has 32 heavy (non-hydrogen) atoms. The molecular weight excluding hydrogens is 407 g/mol. The first kappa shape index (κ1) is 21.2. The van der Waals surface area contributed by atoms with Crippen LogP contribution in [0.2, 0.25) is 0 Å². The number of pyridine rings is 1. The third-order valence-electron chi connectivity index (χ3n) is 5.70. The van der Waals surface area contributed by atoms with E-state index in [2.05, 4.69) is 27.3 Å². The van der Waals surface area contributed by atoms with Crippen molar-refractivity contribution in [2.24, 2.45) is 5.10 Å². The summed E-state index contributed by atoms with van der Waals surface area (Å²) in [6.07, 6.45) is 7.00. The first-order valence-corrected chi connectivity index (χ1v) is 10.2. The second-order valence-corrected chi connectivity index (χ2v) is 8.26. The van der Waals surface area contributed by atoms with Gasteiger partial charge in [0.1, 0.15) is 23.1 Å². The molecule has 0 saturated carbocycles. The highest BCUT2D eigenvalue weighted by Gasteiger charge is 2.31. The minimum atomic E-state index is -0.501. The molecule has 0 fully saturated rings. The molecular formula is C24H23FN6O. The molecule has 0 saturated heterocycles. The zero-order chi connectivity index (χ0) is 22.9. The molecule has 1 unspecified atom stereocenters. The summed E-state index contributed by atoms with van der Waals surface area (Å²) in [7, 11) is 1.92. The van der Waals surface area contributed by atoms with Gasteiger partial charge >= 0.3 is 0 Å². The van der Waals surface area contributed by atoms with Crippen molar-refractivity contribution in [3.05, 3.63) is 70.8 Å². The number of nitrogens with one attached hydrogen (secondary N) is 2. The minimum absolute atomic E-state index is 0.0290. The lowest BCUT2D eigenvalue weighted by molar-refractivity contribution is -0.117. The van der Waals surface area contributed by atoms with E-state index in [1.54, 1.807) is 31.3 Å². The zero-order valence-electron chi connectivity index (χ0n) is 18.1. The average Bonchev–Trinajstić information content (AvgIpc) is 3.34. The highest BCUT2D eigenvalue weighted by molar-refractivity contribution is 6.04. The quantitative estimate of drug-likeness (QED) is 0.477. The standard InChI is InChI=1S/C24H23FN6O/c1-15(16-4-6-20(25)7-5-16)30-23(32)17(10-26)8-18-11-27-22-21(18)9-19(12-28-22)24(2)13-29-31(3)14-24/h4-9,11-13,15H,14H2,1-3H3,(H,27,28)(H,30,32)/b17-8+/t15-,24?/m1/s1. The highest BCUT2D eigenvalue weighted by Crippen LogP contribution is 2.30. The van der Waals surface area contributed by atoms with Gasteiger partial charge in [0.25, 0.3) is 5.91 Å². The predicted octanol–water partition coefficient (Wildman–Crippen LogP) is 3.68. The first-order valence-electron chi connectivity index (χ1n) is 10.2. The number of rotatable bonds is 5. The van der Waals surface area contributed by atoms with Crippen molar-refractivity contribution in [1.82, 2.24) is 20.3 Å². The maximum Gasteiger partial charge on any atom is 0.262 e. The van der Waals surface area contributed by atoms with Gasteiger partial charge in [0.2, 0.25) is 0 Å². The molecule has 8 heteroatoms. The Morgan fingerprint density at radius 3 is 2.81 bits per heavy atom. The predicted molar refractivity (Wildman–Crippen MR) is 121 cm³/mol. The van der Waals surface area contributed by atoms with Crippen molar-refractivity contribution in [2.75, 3.05) is 13.6 Å². The first-order chi connectivity index (χ1) is 15.3. The van der Waals surface area contributed by atoms with Gasteiger partial charge in [0.05, 0.1) is 18.0 Å². The van der Waals surface area contributed by atoms with Crippen LogP contribution in [0.3, 0.4) is 0 Å². The summed E-state index contributed by atoms with van der Waals surface area (Å²) in [6.45, 7) is 4.61. The van der Waals surface area contributed by atoms with Gasteiger partial charge in [-0.25, -0.2) is 9.37 Å². The second-order valence-electron chi connectivity index (χ2n) is 8.26. The number of H-pyrrole nitrogens is 1. The van der Waals surface area contributed by atoms with E-state index in [4.69, 9.17) is 0 Å². The van der Waals surface area contributed by atoms with E-state index in [0.29, 0.717) is 11.2 Å². The van der Waals surface area contributed by atoms with E-state index in [0.717, 1.165) is 23.1 Å². The lowest BCUT2D eigenvalue weighted by atomic mass is 9.85. The Hall–Kier alpha value is -3.99. The number of hydrogen-bond acceptors (Lipinski definition) is 5. The number of likely N-dealkylation sites (N-methyl/N-ethyl adjacent to an activating group) is 1. The lowest BCUT2D eigenvalue weighted by Gasteiger charge is -2.21. The van der Waals surface area contributed by atoms with E-state index in [-0.39, 0.29) is 22.8 Å². The summed E-state index contributed by atoms with van der Waals surface area (Å²) in [4.78, 5) is 20.3. The number of amides is 1. The number of hydrogen-bond donors (Lipinski definition) is 2. The van der Waals surface area contributed by atoms with Gasteiger partial charge in [-0.05, 0) is 49.2 Å². The van der Waals surface area contributed by atoms with Crippen LogP contribution >= 0.6 is 0 Å². The molecule has 0 spiro atoms. The van der Waals surface area contributed by atoms with Gasteiger partial charge in [0, 0.05) is 36.6 Å². The molecule has 0 bridgehead atoms. The molecule has 1 amide bonds. The molecule has 0 radical (unpaired) electrons. The van der Waals surface area contributed by atoms with E-state index in [9.17, 15) is 14.4 Å². The van der Waals surface area contributed by atoms with Gasteiger partial charge in [0.15, 0.2) is 0 Å². The Kier molecular flexibility index (Phi) is 5.49. The Balaban J connectivity index is 1.61. The molecule has 4 rings (SSSR count). The van der Waals surface area contributed by atoms with E-state index < -0.39 is 5.91 Å². The van der Waals surface area contributed by atoms with Crippen molar-refractivity contribution >= 4 is 29.2 Å². The molecule has 3 heterocycles. The number of fused-ring (bicyclic) bond motifs is 1. The number of halogens is 1. The largest absolute Gasteiger partial charge is 0.346 e. The molecule has 3 aromatic rings. The topological polar surface area (TPSA) is 97.2 Å². The monoisotopic (exact) mass is 430 g/mol. The van der Waals surface area contributed by atoms with Crippen LogP contribution in [0.5, 0.6) is 0 Å². The minimum Gasteiger partial charge on any atom is -0.346 e. The van der Waals surface area contributed by atoms with Gasteiger partial charge in [-0.1, -0.05) is 12.1 Å². The van der Waals surface area contributed by atoms with Crippen LogP contribution < -0.4 is 5.32 Å². The molecule has 1 aliphatic rings. The molecule has 2 N–H and O–H groups in total. The van der Waals surface area contributed by atoms with Gasteiger partial charge < -0.3 is 10.3 Å². The third kappa shape index (κ3) is 4.10. The van der Waals surface area contributed by atoms with Gasteiger partial charge in [-0.3, -0.25) is 9.80 Å². The van der Waals surface area contributed by atoms with Crippen molar-refractivity contribution in [2.45, 2.75) is 25.3 Å². The third-order valence-corrected chi connectivity index (χ3v) is 5.70. The Labute approximate surface area is 185 Å². The van der Waals surface area contributed by atoms with Crippen LogP contribution in [-0.4, -0.2) is 40.7 Å². The van der Waals surface area contributed by atoms with E-state index in [1.807, 2.05) is 36.6 Å². The molecule has 1 aromatic carbocycles. The van der Waals surface area contributed by atoms with Crippen molar-refractivity contribution in [3.63, 3.8) is 0 Å². The maximum atomic E-state index is 13.1. The van der Waals surface area contributed by atoms with Crippen molar-refractivity contribution < 1.29 is 9.18 Å². The lowest BCUT2D eigenvalue weighted by Crippen LogP contribution is -2.29. The van der Waals surface area contributed by atoms with Crippen LogP contribution in [0.4, 0.5) is 4.39 Å². The van der Waals surface area contributed by atoms with Crippen molar-refractivity contribution in [3.8, 4) is 6.07 Å². The zero-order valence-corrected chi connectivity index (χ0v) is 18.1. The summed E-state index contributed by atoms with van der Waals surface area (Å²) >= 11 is 0. The van der Waals surface area contributed by atoms with Crippen molar-refractivity contribution in [1.29, 1.82) is 5.26 Å².